The van der Waals surface area contributed by atoms with Crippen LogP contribution in [-0.2, 0) is 4.74 Å². The van der Waals surface area contributed by atoms with Crippen LogP contribution < -0.4 is 4.74 Å². The first-order chi connectivity index (χ1) is 14.5. The van der Waals surface area contributed by atoms with Gasteiger partial charge in [-0.3, -0.25) is 0 Å². The van der Waals surface area contributed by atoms with Gasteiger partial charge in [-0.1, -0.05) is 29.4 Å². The summed E-state index contributed by atoms with van der Waals surface area (Å²) in [6, 6.07) is 13.7. The highest BCUT2D eigenvalue weighted by Crippen LogP contribution is 2.31. The van der Waals surface area contributed by atoms with Crippen LogP contribution in [0.15, 0.2) is 53.1 Å². The summed E-state index contributed by atoms with van der Waals surface area (Å²) in [5, 5.41) is 3.98. The second kappa shape index (κ2) is 7.82. The number of aromatic nitrogens is 3. The molecule has 0 radical (unpaired) electrons. The van der Waals surface area contributed by atoms with Crippen molar-refractivity contribution in [3.63, 3.8) is 0 Å². The van der Waals surface area contributed by atoms with Gasteiger partial charge in [0.1, 0.15) is 5.76 Å². The highest BCUT2D eigenvalue weighted by Gasteiger charge is 2.23. The van der Waals surface area contributed by atoms with Crippen LogP contribution >= 0.6 is 0 Å². The number of hydrogen-bond acceptors (Lipinski definition) is 7. The molecule has 2 aromatic carbocycles. The molecule has 0 spiro atoms. The zero-order chi connectivity index (χ0) is 21.3. The van der Waals surface area contributed by atoms with Crippen molar-refractivity contribution in [1.82, 2.24) is 14.7 Å². The number of aryl methyl sites for hydroxylation is 2. The van der Waals surface area contributed by atoms with Crippen molar-refractivity contribution in [2.24, 2.45) is 0 Å². The van der Waals surface area contributed by atoms with Gasteiger partial charge in [0.2, 0.25) is 0 Å². The Morgan fingerprint density at radius 3 is 2.53 bits per heavy atom. The van der Waals surface area contributed by atoms with E-state index in [-0.39, 0.29) is 11.6 Å². The summed E-state index contributed by atoms with van der Waals surface area (Å²) in [6.45, 7) is 5.72. The molecular formula is C22H19N3O5. The number of esters is 1. The molecule has 0 aliphatic heterocycles. The average Bonchev–Trinajstić information content (AvgIpc) is 3.27. The van der Waals surface area contributed by atoms with E-state index in [2.05, 4.69) is 10.1 Å². The van der Waals surface area contributed by atoms with Crippen LogP contribution in [0, 0.1) is 13.8 Å². The van der Waals surface area contributed by atoms with Crippen molar-refractivity contribution in [2.45, 2.75) is 20.8 Å². The van der Waals surface area contributed by atoms with Crippen molar-refractivity contribution < 1.29 is 23.6 Å². The zero-order valence-electron chi connectivity index (χ0n) is 16.7. The van der Waals surface area contributed by atoms with Crippen LogP contribution in [0.2, 0.25) is 0 Å². The standard InChI is InChI=1S/C22H19N3O5/c1-4-28-21-23-17-11-10-16(19-13(2)24-30-14(19)3)12-18(17)25(21)22(27)29-20(26)15-8-6-5-7-9-15/h5-12H,4H2,1-3H3. The molecule has 0 unspecified atom stereocenters. The summed E-state index contributed by atoms with van der Waals surface area (Å²) < 4.78 is 17.0. The Kier molecular flexibility index (Phi) is 5.05. The van der Waals surface area contributed by atoms with Gasteiger partial charge in [-0.15, -0.1) is 0 Å². The molecule has 2 aromatic heterocycles. The summed E-state index contributed by atoms with van der Waals surface area (Å²) in [4.78, 5) is 29.6. The molecule has 8 heteroatoms. The number of carbonyl (C=O) groups excluding carboxylic acids is 2. The first-order valence-electron chi connectivity index (χ1n) is 9.39. The Hall–Kier alpha value is -3.94. The predicted octanol–water partition coefficient (Wildman–Crippen LogP) is 4.53. The first kappa shape index (κ1) is 19.4. The molecule has 0 N–H and O–H groups in total. The van der Waals surface area contributed by atoms with Gasteiger partial charge in [-0.2, -0.15) is 9.55 Å². The lowest BCUT2D eigenvalue weighted by atomic mass is 10.0. The largest absolute Gasteiger partial charge is 0.465 e. The van der Waals surface area contributed by atoms with Gasteiger partial charge in [0, 0.05) is 5.56 Å². The number of benzene rings is 2. The first-order valence-corrected chi connectivity index (χ1v) is 9.39. The van der Waals surface area contributed by atoms with Crippen LogP contribution in [0.4, 0.5) is 4.79 Å². The molecule has 0 bridgehead atoms. The number of fused-ring (bicyclic) bond motifs is 1. The lowest BCUT2D eigenvalue weighted by Crippen LogP contribution is -2.19. The highest BCUT2D eigenvalue weighted by atomic mass is 16.6. The molecule has 0 saturated carbocycles. The fourth-order valence-electron chi connectivity index (χ4n) is 3.26. The second-order valence-corrected chi connectivity index (χ2v) is 6.59. The fourth-order valence-corrected chi connectivity index (χ4v) is 3.26. The Labute approximate surface area is 172 Å². The van der Waals surface area contributed by atoms with E-state index in [9.17, 15) is 9.59 Å². The minimum absolute atomic E-state index is 0.0503. The minimum atomic E-state index is -0.897. The molecular weight excluding hydrogens is 386 g/mol. The third-order valence-electron chi connectivity index (χ3n) is 4.59. The number of imidazole rings is 1. The van der Waals surface area contributed by atoms with Gasteiger partial charge < -0.3 is 14.0 Å². The summed E-state index contributed by atoms with van der Waals surface area (Å²) >= 11 is 0. The zero-order valence-corrected chi connectivity index (χ0v) is 16.7. The van der Waals surface area contributed by atoms with Crippen LogP contribution in [0.5, 0.6) is 6.01 Å². The van der Waals surface area contributed by atoms with Crippen molar-refractivity contribution in [3.05, 3.63) is 65.5 Å². The van der Waals surface area contributed by atoms with Crippen molar-refractivity contribution in [3.8, 4) is 17.1 Å². The van der Waals surface area contributed by atoms with Crippen LogP contribution in [0.3, 0.4) is 0 Å². The maximum absolute atomic E-state index is 12.9. The highest BCUT2D eigenvalue weighted by molar-refractivity contribution is 6.00. The molecule has 0 atom stereocenters. The molecule has 4 rings (SSSR count). The summed E-state index contributed by atoms with van der Waals surface area (Å²) in [7, 11) is 0. The number of ether oxygens (including phenoxy) is 2. The molecule has 0 saturated heterocycles. The van der Waals surface area contributed by atoms with Gasteiger partial charge >= 0.3 is 18.1 Å². The Bertz CT molecular complexity index is 1220. The van der Waals surface area contributed by atoms with Crippen LogP contribution in [0.1, 0.15) is 28.7 Å². The monoisotopic (exact) mass is 405 g/mol. The van der Waals surface area contributed by atoms with Gasteiger partial charge in [0.25, 0.3) is 0 Å². The van der Waals surface area contributed by atoms with Crippen molar-refractivity contribution >= 4 is 23.1 Å². The van der Waals surface area contributed by atoms with E-state index >= 15 is 0 Å². The summed E-state index contributed by atoms with van der Waals surface area (Å²) in [6.07, 6.45) is -0.897. The maximum atomic E-state index is 12.9. The molecule has 152 valence electrons. The molecule has 8 nitrogen and oxygen atoms in total. The molecule has 2 heterocycles. The maximum Gasteiger partial charge on any atom is 0.430 e. The number of carbonyl (C=O) groups is 2. The average molecular weight is 405 g/mol. The number of rotatable bonds is 4. The molecule has 0 amide bonds. The SMILES string of the molecule is CCOc1nc2ccc(-c3c(C)noc3C)cc2n1C(=O)OC(=O)c1ccccc1. The van der Waals surface area contributed by atoms with E-state index in [0.717, 1.165) is 21.4 Å². The molecule has 0 aliphatic rings. The van der Waals surface area contributed by atoms with E-state index in [4.69, 9.17) is 14.0 Å². The molecule has 4 aromatic rings. The smallest absolute Gasteiger partial charge is 0.430 e. The quantitative estimate of drug-likeness (QED) is 0.363. The lowest BCUT2D eigenvalue weighted by Gasteiger charge is -2.08. The Morgan fingerprint density at radius 1 is 1.10 bits per heavy atom. The van der Waals surface area contributed by atoms with Gasteiger partial charge in [-0.05, 0) is 50.6 Å². The van der Waals surface area contributed by atoms with E-state index in [1.807, 2.05) is 19.9 Å². The molecule has 30 heavy (non-hydrogen) atoms. The third-order valence-corrected chi connectivity index (χ3v) is 4.59. The number of nitrogens with zero attached hydrogens (tertiary/aromatic N) is 3. The van der Waals surface area contributed by atoms with Crippen molar-refractivity contribution in [1.29, 1.82) is 0 Å². The number of hydrogen-bond donors (Lipinski definition) is 0. The van der Waals surface area contributed by atoms with E-state index in [0.29, 0.717) is 23.4 Å². The summed E-state index contributed by atoms with van der Waals surface area (Å²) in [5.41, 5.74) is 3.59. The van der Waals surface area contributed by atoms with Crippen molar-refractivity contribution in [2.75, 3.05) is 6.61 Å². The lowest BCUT2D eigenvalue weighted by molar-refractivity contribution is 0.0622. The normalized spacial score (nSPS) is 10.9. The summed E-state index contributed by atoms with van der Waals surface area (Å²) in [5.74, 6) is -0.100. The van der Waals surface area contributed by atoms with Crippen LogP contribution in [0.25, 0.3) is 22.2 Å². The molecule has 0 aliphatic carbocycles. The second-order valence-electron chi connectivity index (χ2n) is 6.59. The van der Waals surface area contributed by atoms with Gasteiger partial charge in [-0.25, -0.2) is 9.59 Å². The van der Waals surface area contributed by atoms with E-state index in [1.54, 1.807) is 49.4 Å². The topological polar surface area (TPSA) is 96.5 Å². The van der Waals surface area contributed by atoms with Gasteiger partial charge in [0.05, 0.1) is 28.9 Å². The predicted molar refractivity (Wildman–Crippen MR) is 109 cm³/mol. The third kappa shape index (κ3) is 3.43. The Balaban J connectivity index is 1.78. The van der Waals surface area contributed by atoms with E-state index < -0.39 is 12.1 Å². The van der Waals surface area contributed by atoms with Gasteiger partial charge in [0.15, 0.2) is 0 Å². The minimum Gasteiger partial charge on any atom is -0.465 e. The van der Waals surface area contributed by atoms with E-state index in [1.165, 1.54) is 0 Å². The Morgan fingerprint density at radius 2 is 1.87 bits per heavy atom. The fraction of sp³-hybridized carbons (Fsp3) is 0.182. The van der Waals surface area contributed by atoms with Crippen LogP contribution in [-0.4, -0.2) is 33.4 Å². The molecule has 0 fully saturated rings.